The molecule has 0 bridgehead atoms. The number of likely N-dealkylation sites (tertiary alicyclic amines) is 1. The molecule has 0 amide bonds. The Kier molecular flexibility index (Phi) is 6.30. The van der Waals surface area contributed by atoms with E-state index in [4.69, 9.17) is 10.5 Å². The summed E-state index contributed by atoms with van der Waals surface area (Å²) in [6.45, 7) is 5.25. The lowest BCUT2D eigenvalue weighted by Crippen LogP contribution is -2.47. The van der Waals surface area contributed by atoms with Crippen LogP contribution in [0.5, 0.6) is 0 Å². The van der Waals surface area contributed by atoms with Gasteiger partial charge in [-0.1, -0.05) is 19.3 Å². The van der Waals surface area contributed by atoms with Crippen molar-refractivity contribution in [3.63, 3.8) is 0 Å². The monoisotopic (exact) mass is 282 g/mol. The second-order valence-corrected chi connectivity index (χ2v) is 6.26. The molecule has 0 aromatic carbocycles. The first kappa shape index (κ1) is 15.8. The van der Waals surface area contributed by atoms with Crippen molar-refractivity contribution < 1.29 is 9.53 Å². The maximum atomic E-state index is 11.8. The number of hydrogen-bond acceptors (Lipinski definition) is 4. The van der Waals surface area contributed by atoms with Crippen molar-refractivity contribution in [2.24, 2.45) is 17.6 Å². The van der Waals surface area contributed by atoms with E-state index in [-0.39, 0.29) is 11.9 Å². The number of esters is 1. The van der Waals surface area contributed by atoms with Crippen LogP contribution in [0, 0.1) is 11.8 Å². The van der Waals surface area contributed by atoms with Crippen molar-refractivity contribution in [1.29, 1.82) is 0 Å². The van der Waals surface area contributed by atoms with E-state index in [1.807, 2.05) is 6.92 Å². The molecule has 2 fully saturated rings. The maximum Gasteiger partial charge on any atom is 0.309 e. The van der Waals surface area contributed by atoms with Gasteiger partial charge in [-0.15, -0.1) is 0 Å². The average Bonchev–Trinajstić information content (AvgIpc) is 2.72. The highest BCUT2D eigenvalue weighted by molar-refractivity contribution is 5.72. The first-order valence-corrected chi connectivity index (χ1v) is 8.37. The first-order valence-electron chi connectivity index (χ1n) is 8.37. The molecule has 116 valence electrons. The number of hydrogen-bond donors (Lipinski definition) is 1. The van der Waals surface area contributed by atoms with Gasteiger partial charge in [-0.3, -0.25) is 4.79 Å². The molecule has 0 aromatic heterocycles. The lowest BCUT2D eigenvalue weighted by atomic mass is 9.89. The molecule has 1 saturated carbocycles. The van der Waals surface area contributed by atoms with E-state index in [0.29, 0.717) is 18.6 Å². The lowest BCUT2D eigenvalue weighted by Gasteiger charge is -2.40. The zero-order valence-electron chi connectivity index (χ0n) is 12.9. The third kappa shape index (κ3) is 3.95. The number of ether oxygens (including phenoxy) is 1. The number of rotatable bonds is 4. The van der Waals surface area contributed by atoms with Crippen LogP contribution in [-0.4, -0.2) is 43.2 Å². The van der Waals surface area contributed by atoms with E-state index in [1.54, 1.807) is 0 Å². The minimum absolute atomic E-state index is 0.00314. The highest BCUT2D eigenvalue weighted by atomic mass is 16.5. The van der Waals surface area contributed by atoms with Crippen LogP contribution in [0.3, 0.4) is 0 Å². The van der Waals surface area contributed by atoms with Gasteiger partial charge in [0.15, 0.2) is 0 Å². The van der Waals surface area contributed by atoms with Gasteiger partial charge in [-0.05, 0) is 58.2 Å². The lowest BCUT2D eigenvalue weighted by molar-refractivity contribution is -0.149. The Morgan fingerprint density at radius 1 is 1.15 bits per heavy atom. The van der Waals surface area contributed by atoms with Gasteiger partial charge in [0.2, 0.25) is 0 Å². The molecule has 20 heavy (non-hydrogen) atoms. The smallest absolute Gasteiger partial charge is 0.309 e. The van der Waals surface area contributed by atoms with Crippen LogP contribution in [0.2, 0.25) is 0 Å². The van der Waals surface area contributed by atoms with Crippen molar-refractivity contribution in [3.05, 3.63) is 0 Å². The van der Waals surface area contributed by atoms with Crippen LogP contribution >= 0.6 is 0 Å². The molecule has 2 N–H and O–H groups in total. The summed E-state index contributed by atoms with van der Waals surface area (Å²) in [5.74, 6) is 0.772. The normalized spacial score (nSPS) is 29.9. The molecule has 0 radical (unpaired) electrons. The van der Waals surface area contributed by atoms with Gasteiger partial charge in [0, 0.05) is 6.04 Å². The summed E-state index contributed by atoms with van der Waals surface area (Å²) in [5.41, 5.74) is 5.98. The number of carbonyl (C=O) groups excluding carboxylic acids is 1. The van der Waals surface area contributed by atoms with Crippen molar-refractivity contribution in [3.8, 4) is 0 Å². The molecule has 2 aliphatic rings. The minimum Gasteiger partial charge on any atom is -0.466 e. The highest BCUT2D eigenvalue weighted by Gasteiger charge is 2.33. The van der Waals surface area contributed by atoms with Gasteiger partial charge < -0.3 is 15.4 Å². The second kappa shape index (κ2) is 7.99. The van der Waals surface area contributed by atoms with Crippen molar-refractivity contribution in [2.75, 3.05) is 26.2 Å². The van der Waals surface area contributed by atoms with E-state index >= 15 is 0 Å². The van der Waals surface area contributed by atoms with E-state index in [2.05, 4.69) is 4.90 Å². The topological polar surface area (TPSA) is 55.6 Å². The summed E-state index contributed by atoms with van der Waals surface area (Å²) < 4.78 is 5.15. The molecule has 4 nitrogen and oxygen atoms in total. The van der Waals surface area contributed by atoms with Crippen molar-refractivity contribution in [1.82, 2.24) is 4.90 Å². The number of carbonyl (C=O) groups is 1. The molecule has 1 aliphatic carbocycles. The quantitative estimate of drug-likeness (QED) is 0.634. The third-order valence-electron chi connectivity index (χ3n) is 5.04. The molecular weight excluding hydrogens is 252 g/mol. The van der Waals surface area contributed by atoms with Gasteiger partial charge in [-0.2, -0.15) is 0 Å². The third-order valence-corrected chi connectivity index (χ3v) is 5.04. The van der Waals surface area contributed by atoms with Crippen LogP contribution in [0.4, 0.5) is 0 Å². The van der Waals surface area contributed by atoms with Crippen LogP contribution in [0.25, 0.3) is 0 Å². The SMILES string of the molecule is CCOC(=O)C1CCN(C2CCCCCC2CN)CC1. The Hall–Kier alpha value is -0.610. The molecule has 0 aromatic rings. The van der Waals surface area contributed by atoms with Gasteiger partial charge >= 0.3 is 5.97 Å². The Bertz CT molecular complexity index is 301. The summed E-state index contributed by atoms with van der Waals surface area (Å²) in [7, 11) is 0. The predicted octanol–water partition coefficient (Wildman–Crippen LogP) is 2.17. The fourth-order valence-corrected chi connectivity index (χ4v) is 3.85. The fourth-order valence-electron chi connectivity index (χ4n) is 3.85. The molecule has 0 spiro atoms. The zero-order valence-corrected chi connectivity index (χ0v) is 12.9. The minimum atomic E-state index is 0.00314. The maximum absolute atomic E-state index is 11.8. The van der Waals surface area contributed by atoms with Gasteiger partial charge in [0.25, 0.3) is 0 Å². The van der Waals surface area contributed by atoms with E-state index in [9.17, 15) is 4.79 Å². The summed E-state index contributed by atoms with van der Waals surface area (Å²) in [5, 5.41) is 0. The van der Waals surface area contributed by atoms with Gasteiger partial charge in [-0.25, -0.2) is 0 Å². The Balaban J connectivity index is 1.86. The molecule has 2 atom stereocenters. The summed E-state index contributed by atoms with van der Waals surface area (Å²) in [4.78, 5) is 14.4. The van der Waals surface area contributed by atoms with Crippen LogP contribution in [-0.2, 0) is 9.53 Å². The van der Waals surface area contributed by atoms with Crippen LogP contribution in [0.1, 0.15) is 51.9 Å². The van der Waals surface area contributed by atoms with Gasteiger partial charge in [0.05, 0.1) is 12.5 Å². The van der Waals surface area contributed by atoms with E-state index in [1.165, 1.54) is 32.1 Å². The molecule has 2 rings (SSSR count). The van der Waals surface area contributed by atoms with Crippen LogP contribution in [0.15, 0.2) is 0 Å². The van der Waals surface area contributed by atoms with Crippen molar-refractivity contribution in [2.45, 2.75) is 57.9 Å². The van der Waals surface area contributed by atoms with E-state index in [0.717, 1.165) is 32.5 Å². The Morgan fingerprint density at radius 3 is 2.50 bits per heavy atom. The molecule has 1 saturated heterocycles. The molecule has 4 heteroatoms. The number of piperidine rings is 1. The number of nitrogens with two attached hydrogens (primary N) is 1. The summed E-state index contributed by atoms with van der Waals surface area (Å²) >= 11 is 0. The standard InChI is InChI=1S/C16H30N2O2/c1-2-20-16(19)13-8-10-18(11-9-13)15-7-5-3-4-6-14(15)12-17/h13-15H,2-12,17H2,1H3. The fraction of sp³-hybridized carbons (Fsp3) is 0.938. The zero-order chi connectivity index (χ0) is 14.4. The van der Waals surface area contributed by atoms with Crippen molar-refractivity contribution >= 4 is 5.97 Å². The first-order chi connectivity index (χ1) is 9.76. The summed E-state index contributed by atoms with van der Waals surface area (Å²) in [6.07, 6.45) is 8.48. The predicted molar refractivity (Wildman–Crippen MR) is 80.3 cm³/mol. The highest BCUT2D eigenvalue weighted by Crippen LogP contribution is 2.30. The van der Waals surface area contributed by atoms with Crippen LogP contribution < -0.4 is 5.73 Å². The molecule has 1 aliphatic heterocycles. The molecule has 1 heterocycles. The van der Waals surface area contributed by atoms with E-state index < -0.39 is 0 Å². The molecular formula is C16H30N2O2. The second-order valence-electron chi connectivity index (χ2n) is 6.26. The average molecular weight is 282 g/mol. The Labute approximate surface area is 123 Å². The molecule has 2 unspecified atom stereocenters. The summed E-state index contributed by atoms with van der Waals surface area (Å²) in [6, 6.07) is 0.644. The largest absolute Gasteiger partial charge is 0.466 e. The Morgan fingerprint density at radius 2 is 1.85 bits per heavy atom. The van der Waals surface area contributed by atoms with Gasteiger partial charge in [0.1, 0.15) is 0 Å². The number of nitrogens with zero attached hydrogens (tertiary/aromatic N) is 1.